The summed E-state index contributed by atoms with van der Waals surface area (Å²) >= 11 is 3.34. The maximum atomic E-state index is 13.3. The van der Waals surface area contributed by atoms with E-state index in [0.29, 0.717) is 12.0 Å². The van der Waals surface area contributed by atoms with Crippen LogP contribution in [0.4, 0.5) is 0 Å². The highest BCUT2D eigenvalue weighted by Gasteiger charge is 2.95. The van der Waals surface area contributed by atoms with E-state index in [4.69, 9.17) is 9.47 Å². The molecule has 0 radical (unpaired) electrons. The molecule has 0 amide bonds. The number of methoxy groups -OCH3 is 1. The quantitative estimate of drug-likeness (QED) is 0.445. The number of esters is 2. The van der Waals surface area contributed by atoms with Gasteiger partial charge < -0.3 is 9.47 Å². The summed E-state index contributed by atoms with van der Waals surface area (Å²) in [6.07, 6.45) is 0.361. The smallest absolute Gasteiger partial charge is 0.325 e. The van der Waals surface area contributed by atoms with Crippen molar-refractivity contribution in [2.45, 2.75) is 32.8 Å². The van der Waals surface area contributed by atoms with E-state index < -0.39 is 34.3 Å². The average molecular weight is 395 g/mol. The van der Waals surface area contributed by atoms with Crippen LogP contribution < -0.4 is 0 Å². The zero-order chi connectivity index (χ0) is 17.9. The molecular weight excluding hydrogens is 376 g/mol. The van der Waals surface area contributed by atoms with Gasteiger partial charge in [-0.05, 0) is 32.4 Å². The van der Waals surface area contributed by atoms with Gasteiger partial charge in [0.25, 0.3) is 0 Å². The minimum Gasteiger partial charge on any atom is -0.468 e. The van der Waals surface area contributed by atoms with Gasteiger partial charge in [0.1, 0.15) is 5.60 Å². The molecule has 0 unspecified atom stereocenters. The third-order valence-corrected chi connectivity index (χ3v) is 6.02. The van der Waals surface area contributed by atoms with Crippen molar-refractivity contribution in [2.75, 3.05) is 7.11 Å². The second-order valence-corrected chi connectivity index (χ2v) is 7.80. The van der Waals surface area contributed by atoms with Crippen LogP contribution in [0, 0.1) is 16.7 Å². The van der Waals surface area contributed by atoms with Crippen LogP contribution in [0.2, 0.25) is 0 Å². The first-order chi connectivity index (χ1) is 11.2. The number of halogens is 1. The van der Waals surface area contributed by atoms with E-state index in [9.17, 15) is 14.4 Å². The highest BCUT2D eigenvalue weighted by atomic mass is 79.9. The van der Waals surface area contributed by atoms with Gasteiger partial charge in [0.15, 0.2) is 11.2 Å². The van der Waals surface area contributed by atoms with Gasteiger partial charge in [0.2, 0.25) is 0 Å². The van der Waals surface area contributed by atoms with Crippen LogP contribution in [0.1, 0.15) is 37.6 Å². The van der Waals surface area contributed by atoms with Crippen LogP contribution in [-0.4, -0.2) is 30.4 Å². The van der Waals surface area contributed by atoms with Gasteiger partial charge in [-0.3, -0.25) is 14.4 Å². The molecule has 0 aromatic heterocycles. The van der Waals surface area contributed by atoms with Gasteiger partial charge in [0, 0.05) is 16.0 Å². The Balaban J connectivity index is 2.16. The molecule has 24 heavy (non-hydrogen) atoms. The number of hydrogen-bond acceptors (Lipinski definition) is 5. The number of cyclic esters (lactones) is 1. The first-order valence-corrected chi connectivity index (χ1v) is 8.61. The molecular formula is C18H19BrO5. The van der Waals surface area contributed by atoms with E-state index in [1.165, 1.54) is 7.11 Å². The molecule has 0 bridgehead atoms. The van der Waals surface area contributed by atoms with Crippen LogP contribution in [0.5, 0.6) is 0 Å². The molecule has 3 atom stereocenters. The fourth-order valence-corrected chi connectivity index (χ4v) is 4.95. The predicted molar refractivity (Wildman–Crippen MR) is 89.3 cm³/mol. The molecule has 1 saturated heterocycles. The van der Waals surface area contributed by atoms with E-state index in [2.05, 4.69) is 15.9 Å². The normalized spacial score (nSPS) is 32.7. The summed E-state index contributed by atoms with van der Waals surface area (Å²) in [6, 6.07) is 6.93. The van der Waals surface area contributed by atoms with E-state index in [0.717, 1.165) is 4.47 Å². The monoisotopic (exact) mass is 394 g/mol. The lowest BCUT2D eigenvalue weighted by atomic mass is 9.81. The Kier molecular flexibility index (Phi) is 3.68. The highest BCUT2D eigenvalue weighted by molar-refractivity contribution is 9.10. The fraction of sp³-hybridized carbons (Fsp3) is 0.500. The molecule has 0 spiro atoms. The number of fused-ring (bicyclic) bond motifs is 1. The van der Waals surface area contributed by atoms with Crippen molar-refractivity contribution in [3.63, 3.8) is 0 Å². The summed E-state index contributed by atoms with van der Waals surface area (Å²) in [5, 5.41) is 0. The minimum atomic E-state index is -1.54. The lowest BCUT2D eigenvalue weighted by molar-refractivity contribution is -0.165. The van der Waals surface area contributed by atoms with E-state index in [1.54, 1.807) is 38.1 Å². The maximum absolute atomic E-state index is 13.3. The molecule has 128 valence electrons. The molecule has 1 aromatic carbocycles. The van der Waals surface area contributed by atoms with Gasteiger partial charge >= 0.3 is 11.9 Å². The first kappa shape index (κ1) is 17.1. The molecule has 3 rings (SSSR count). The van der Waals surface area contributed by atoms with Gasteiger partial charge in [-0.1, -0.05) is 35.0 Å². The van der Waals surface area contributed by atoms with Gasteiger partial charge in [0.05, 0.1) is 12.5 Å². The Bertz CT molecular complexity index is 738. The summed E-state index contributed by atoms with van der Waals surface area (Å²) in [4.78, 5) is 38.5. The van der Waals surface area contributed by atoms with Crippen LogP contribution in [0.15, 0.2) is 28.7 Å². The Hall–Kier alpha value is -1.69. The average Bonchev–Trinajstić information content (AvgIpc) is 3.14. The maximum Gasteiger partial charge on any atom is 0.325 e. The van der Waals surface area contributed by atoms with Crippen molar-refractivity contribution in [3.8, 4) is 0 Å². The molecule has 1 aliphatic heterocycles. The van der Waals surface area contributed by atoms with Crippen LogP contribution in [0.3, 0.4) is 0 Å². The lowest BCUT2D eigenvalue weighted by Crippen LogP contribution is -2.40. The number of benzene rings is 1. The van der Waals surface area contributed by atoms with Crippen molar-refractivity contribution < 1.29 is 23.9 Å². The topological polar surface area (TPSA) is 69.7 Å². The van der Waals surface area contributed by atoms with Gasteiger partial charge in [-0.2, -0.15) is 0 Å². The summed E-state index contributed by atoms with van der Waals surface area (Å²) in [6.45, 7) is 5.31. The molecule has 2 aliphatic rings. The minimum absolute atomic E-state index is 0.211. The second-order valence-electron chi connectivity index (χ2n) is 6.89. The van der Waals surface area contributed by atoms with E-state index >= 15 is 0 Å². The van der Waals surface area contributed by atoms with Crippen LogP contribution in [-0.2, 0) is 19.1 Å². The number of ketones is 1. The number of carbonyl (C=O) groups excluding carboxylic acids is 3. The van der Waals surface area contributed by atoms with Crippen molar-refractivity contribution in [2.24, 2.45) is 16.7 Å². The van der Waals surface area contributed by atoms with Crippen LogP contribution in [0.25, 0.3) is 0 Å². The molecule has 1 saturated carbocycles. The summed E-state index contributed by atoms with van der Waals surface area (Å²) in [7, 11) is 1.23. The zero-order valence-corrected chi connectivity index (χ0v) is 15.6. The van der Waals surface area contributed by atoms with E-state index in [-0.39, 0.29) is 5.78 Å². The molecule has 1 heterocycles. The molecule has 1 aromatic rings. The Morgan fingerprint density at radius 1 is 1.25 bits per heavy atom. The lowest BCUT2D eigenvalue weighted by Gasteiger charge is -2.28. The van der Waals surface area contributed by atoms with E-state index in [1.807, 2.05) is 6.92 Å². The third-order valence-electron chi connectivity index (χ3n) is 5.50. The Morgan fingerprint density at radius 2 is 1.83 bits per heavy atom. The fourth-order valence-electron chi connectivity index (χ4n) is 4.68. The van der Waals surface area contributed by atoms with Crippen molar-refractivity contribution in [1.82, 2.24) is 0 Å². The van der Waals surface area contributed by atoms with Gasteiger partial charge in [-0.25, -0.2) is 0 Å². The first-order valence-electron chi connectivity index (χ1n) is 7.82. The Labute approximate surface area is 148 Å². The van der Waals surface area contributed by atoms with Gasteiger partial charge in [-0.15, -0.1) is 0 Å². The van der Waals surface area contributed by atoms with Crippen molar-refractivity contribution in [1.29, 1.82) is 0 Å². The van der Waals surface area contributed by atoms with Crippen molar-refractivity contribution in [3.05, 3.63) is 34.3 Å². The Morgan fingerprint density at radius 3 is 2.33 bits per heavy atom. The zero-order valence-electron chi connectivity index (χ0n) is 14.0. The largest absolute Gasteiger partial charge is 0.468 e. The van der Waals surface area contributed by atoms with Crippen molar-refractivity contribution >= 4 is 33.7 Å². The molecule has 2 fully saturated rings. The number of Topliss-reactive ketones (excluding diaryl/α,β-unsaturated/α-hetero) is 1. The molecule has 6 heteroatoms. The molecule has 0 N–H and O–H groups in total. The summed E-state index contributed by atoms with van der Waals surface area (Å²) < 4.78 is 11.2. The molecule has 5 nitrogen and oxygen atoms in total. The number of carbonyl (C=O) groups is 3. The second kappa shape index (κ2) is 5.15. The number of ether oxygens (including phenoxy) is 2. The predicted octanol–water partition coefficient (Wildman–Crippen LogP) is 3.15. The standard InChI is InChI=1S/C18H19BrO5/c1-5-17(12(20)10-6-8-11(19)9-7-10)13-16(2,3)24-15(22)18(13,17)14(21)23-4/h6-9,13H,5H2,1-4H3/t13-,17-,18+/m1/s1. The summed E-state index contributed by atoms with van der Waals surface area (Å²) in [5.74, 6) is -2.08. The third kappa shape index (κ3) is 1.78. The number of rotatable bonds is 4. The number of hydrogen-bond donors (Lipinski definition) is 0. The SMILES string of the molecule is CC[C@@]1(C(=O)c2ccc(Br)cc2)[C@H]2C(C)(C)OC(=O)[C@@]21C(=O)OC. The molecule has 1 aliphatic carbocycles. The van der Waals surface area contributed by atoms with Crippen LogP contribution >= 0.6 is 15.9 Å². The highest BCUT2D eigenvalue weighted by Crippen LogP contribution is 2.80. The summed E-state index contributed by atoms with van der Waals surface area (Å²) in [5.41, 5.74) is -3.08.